The number of ether oxygens (including phenoxy) is 1. The van der Waals surface area contributed by atoms with Gasteiger partial charge < -0.3 is 19.9 Å². The van der Waals surface area contributed by atoms with E-state index >= 15 is 0 Å². The molecule has 2 aromatic carbocycles. The van der Waals surface area contributed by atoms with Crippen molar-refractivity contribution in [2.75, 3.05) is 27.3 Å². The van der Waals surface area contributed by atoms with Crippen LogP contribution in [0.15, 0.2) is 60.7 Å². The van der Waals surface area contributed by atoms with E-state index in [4.69, 9.17) is 4.74 Å². The number of amides is 2. The van der Waals surface area contributed by atoms with Crippen LogP contribution in [-0.4, -0.2) is 49.3 Å². The van der Waals surface area contributed by atoms with Crippen molar-refractivity contribution in [3.05, 3.63) is 71.9 Å². The summed E-state index contributed by atoms with van der Waals surface area (Å²) in [7, 11) is 3.49. The summed E-state index contributed by atoms with van der Waals surface area (Å²) in [5.41, 5.74) is 3.44. The Morgan fingerprint density at radius 2 is 1.89 bits per heavy atom. The lowest BCUT2D eigenvalue weighted by molar-refractivity contribution is 0.115. The van der Waals surface area contributed by atoms with Gasteiger partial charge in [-0.25, -0.2) is 4.79 Å². The topological polar surface area (TPSA) is 57.4 Å². The van der Waals surface area contributed by atoms with Crippen molar-refractivity contribution in [1.29, 1.82) is 0 Å². The minimum atomic E-state index is -0.0795. The van der Waals surface area contributed by atoms with Crippen LogP contribution in [0.3, 0.4) is 0 Å². The predicted octanol–water partition coefficient (Wildman–Crippen LogP) is 3.61. The van der Waals surface area contributed by atoms with E-state index in [0.29, 0.717) is 13.2 Å². The Labute approximate surface area is 160 Å². The van der Waals surface area contributed by atoms with Crippen LogP contribution in [0.25, 0.3) is 10.9 Å². The number of fused-ring (bicyclic) bond motifs is 1. The fourth-order valence-corrected chi connectivity index (χ4v) is 3.25. The Balaban J connectivity index is 1.53. The van der Waals surface area contributed by atoms with Gasteiger partial charge in [0.2, 0.25) is 0 Å². The number of urea groups is 1. The maximum absolute atomic E-state index is 12.6. The van der Waals surface area contributed by atoms with Crippen LogP contribution in [0.4, 0.5) is 4.79 Å². The molecule has 0 aliphatic rings. The van der Waals surface area contributed by atoms with E-state index in [1.807, 2.05) is 37.4 Å². The Kier molecular flexibility index (Phi) is 6.49. The highest BCUT2D eigenvalue weighted by atomic mass is 16.5. The van der Waals surface area contributed by atoms with E-state index in [0.717, 1.165) is 24.1 Å². The molecule has 1 atom stereocenters. The van der Waals surface area contributed by atoms with Crippen molar-refractivity contribution in [3.63, 3.8) is 0 Å². The monoisotopic (exact) mass is 365 g/mol. The lowest BCUT2D eigenvalue weighted by Crippen LogP contribution is -2.47. The Morgan fingerprint density at radius 1 is 1.15 bits per heavy atom. The molecule has 0 bridgehead atoms. The van der Waals surface area contributed by atoms with Crippen molar-refractivity contribution in [3.8, 4) is 0 Å². The normalized spacial score (nSPS) is 12.1. The highest BCUT2D eigenvalue weighted by Crippen LogP contribution is 2.14. The molecule has 5 heteroatoms. The van der Waals surface area contributed by atoms with Gasteiger partial charge in [-0.1, -0.05) is 48.5 Å². The summed E-state index contributed by atoms with van der Waals surface area (Å²) in [5, 5.41) is 4.20. The molecule has 3 aromatic rings. The van der Waals surface area contributed by atoms with Crippen LogP contribution in [0, 0.1) is 0 Å². The number of rotatable bonds is 8. The lowest BCUT2D eigenvalue weighted by Gasteiger charge is -2.28. The van der Waals surface area contributed by atoms with Gasteiger partial charge in [-0.05, 0) is 29.5 Å². The van der Waals surface area contributed by atoms with E-state index in [1.165, 1.54) is 10.9 Å². The maximum Gasteiger partial charge on any atom is 0.317 e. The van der Waals surface area contributed by atoms with Crippen molar-refractivity contribution in [1.82, 2.24) is 15.2 Å². The van der Waals surface area contributed by atoms with Crippen LogP contribution >= 0.6 is 0 Å². The molecule has 0 saturated heterocycles. The summed E-state index contributed by atoms with van der Waals surface area (Å²) in [4.78, 5) is 17.7. The molecule has 0 radical (unpaired) electrons. The standard InChI is InChI=1S/C22H27N3O2/c1-25(20(16-27-2)14-17-8-4-3-5-9-17)22(26)23-13-12-19-15-18-10-6-7-11-21(18)24-19/h3-11,15,20,24H,12-14,16H2,1-2H3,(H,23,26)/t20-/m0/s1. The molecule has 0 spiro atoms. The first kappa shape index (κ1) is 19.0. The minimum absolute atomic E-state index is 0.00882. The molecule has 1 aromatic heterocycles. The zero-order chi connectivity index (χ0) is 19.1. The molecule has 0 fully saturated rings. The third kappa shape index (κ3) is 5.11. The second-order valence-electron chi connectivity index (χ2n) is 6.77. The Hall–Kier alpha value is -2.79. The number of H-pyrrole nitrogens is 1. The van der Waals surface area contributed by atoms with Crippen molar-refractivity contribution in [2.24, 2.45) is 0 Å². The summed E-state index contributed by atoms with van der Waals surface area (Å²) < 4.78 is 5.33. The van der Waals surface area contributed by atoms with Gasteiger partial charge in [0.25, 0.3) is 0 Å². The van der Waals surface area contributed by atoms with Crippen molar-refractivity contribution >= 4 is 16.9 Å². The second-order valence-corrected chi connectivity index (χ2v) is 6.77. The van der Waals surface area contributed by atoms with Crippen LogP contribution < -0.4 is 5.32 Å². The SMILES string of the molecule is COC[C@H](Cc1ccccc1)N(C)C(=O)NCCc1cc2ccccc2[nH]1. The number of para-hydroxylation sites is 1. The molecular formula is C22H27N3O2. The summed E-state index contributed by atoms with van der Waals surface area (Å²) in [6.45, 7) is 1.09. The van der Waals surface area contributed by atoms with E-state index in [-0.39, 0.29) is 12.1 Å². The number of nitrogens with zero attached hydrogens (tertiary/aromatic N) is 1. The van der Waals surface area contributed by atoms with Crippen molar-refractivity contribution < 1.29 is 9.53 Å². The van der Waals surface area contributed by atoms with E-state index in [2.05, 4.69) is 40.6 Å². The fourth-order valence-electron chi connectivity index (χ4n) is 3.25. The van der Waals surface area contributed by atoms with E-state index in [1.54, 1.807) is 12.0 Å². The zero-order valence-corrected chi connectivity index (χ0v) is 15.9. The number of methoxy groups -OCH3 is 1. The first-order chi connectivity index (χ1) is 13.2. The molecule has 0 aliphatic heterocycles. The summed E-state index contributed by atoms with van der Waals surface area (Å²) >= 11 is 0. The molecule has 142 valence electrons. The number of likely N-dealkylation sites (N-methyl/N-ethyl adjacent to an activating group) is 1. The minimum Gasteiger partial charge on any atom is -0.383 e. The van der Waals surface area contributed by atoms with Gasteiger partial charge in [-0.2, -0.15) is 0 Å². The number of aromatic nitrogens is 1. The molecule has 1 heterocycles. The zero-order valence-electron chi connectivity index (χ0n) is 15.9. The highest BCUT2D eigenvalue weighted by molar-refractivity contribution is 5.80. The molecule has 3 rings (SSSR count). The third-order valence-corrected chi connectivity index (χ3v) is 4.80. The quantitative estimate of drug-likeness (QED) is 0.641. The molecule has 2 amide bonds. The van der Waals surface area contributed by atoms with Gasteiger partial charge in [0, 0.05) is 38.3 Å². The highest BCUT2D eigenvalue weighted by Gasteiger charge is 2.20. The molecular weight excluding hydrogens is 338 g/mol. The van der Waals surface area contributed by atoms with Crippen LogP contribution in [0.5, 0.6) is 0 Å². The molecule has 2 N–H and O–H groups in total. The lowest BCUT2D eigenvalue weighted by atomic mass is 10.1. The number of hydrogen-bond acceptors (Lipinski definition) is 2. The fraction of sp³-hybridized carbons (Fsp3) is 0.318. The Morgan fingerprint density at radius 3 is 2.63 bits per heavy atom. The van der Waals surface area contributed by atoms with E-state index in [9.17, 15) is 4.79 Å². The molecule has 0 aliphatic carbocycles. The molecule has 27 heavy (non-hydrogen) atoms. The first-order valence-corrected chi connectivity index (χ1v) is 9.27. The molecule has 5 nitrogen and oxygen atoms in total. The number of carbonyl (C=O) groups excluding carboxylic acids is 1. The van der Waals surface area contributed by atoms with E-state index < -0.39 is 0 Å². The number of nitrogens with one attached hydrogen (secondary N) is 2. The average Bonchev–Trinajstić information content (AvgIpc) is 3.10. The van der Waals surface area contributed by atoms with Crippen molar-refractivity contribution in [2.45, 2.75) is 18.9 Å². The molecule has 0 saturated carbocycles. The van der Waals surface area contributed by atoms with Gasteiger partial charge in [0.15, 0.2) is 0 Å². The van der Waals surface area contributed by atoms with Gasteiger partial charge in [-0.15, -0.1) is 0 Å². The third-order valence-electron chi connectivity index (χ3n) is 4.80. The summed E-state index contributed by atoms with van der Waals surface area (Å²) in [6.07, 6.45) is 1.53. The number of hydrogen-bond donors (Lipinski definition) is 2. The average molecular weight is 365 g/mol. The largest absolute Gasteiger partial charge is 0.383 e. The van der Waals surface area contributed by atoms with Crippen LogP contribution in [0.2, 0.25) is 0 Å². The Bertz CT molecular complexity index is 827. The number of carbonyl (C=O) groups is 1. The smallest absolute Gasteiger partial charge is 0.317 e. The van der Waals surface area contributed by atoms with Gasteiger partial charge in [0.1, 0.15) is 0 Å². The van der Waals surface area contributed by atoms with Gasteiger partial charge in [0.05, 0.1) is 12.6 Å². The second kappa shape index (κ2) is 9.24. The summed E-state index contributed by atoms with van der Waals surface area (Å²) in [5.74, 6) is 0. The van der Waals surface area contributed by atoms with Gasteiger partial charge >= 0.3 is 6.03 Å². The predicted molar refractivity (Wildman–Crippen MR) is 109 cm³/mol. The number of benzene rings is 2. The van der Waals surface area contributed by atoms with Gasteiger partial charge in [-0.3, -0.25) is 0 Å². The van der Waals surface area contributed by atoms with Crippen LogP contribution in [-0.2, 0) is 17.6 Å². The maximum atomic E-state index is 12.6. The molecule has 0 unspecified atom stereocenters. The first-order valence-electron chi connectivity index (χ1n) is 9.27. The van der Waals surface area contributed by atoms with Crippen LogP contribution in [0.1, 0.15) is 11.3 Å². The number of aromatic amines is 1. The summed E-state index contributed by atoms with van der Waals surface area (Å²) in [6, 6.07) is 20.4.